The number of benzene rings is 2. The van der Waals surface area contributed by atoms with Crippen LogP contribution < -0.4 is 25.6 Å². The van der Waals surface area contributed by atoms with Crippen molar-refractivity contribution in [3.63, 3.8) is 0 Å². The molecule has 0 saturated carbocycles. The van der Waals surface area contributed by atoms with Gasteiger partial charge in [0, 0.05) is 11.1 Å². The van der Waals surface area contributed by atoms with Gasteiger partial charge in [-0.3, -0.25) is 25.2 Å². The number of hydrogen-bond acceptors (Lipinski definition) is 5. The molecule has 0 unspecified atom stereocenters. The smallest absolute Gasteiger partial charge is 0.269 e. The SMILES string of the molecule is Cc1ccccc1C(=O)N[C@H](C(=O)NNC(=O)c1ccc2c(c1)OCO2)C(C)C. The molecule has 0 fully saturated rings. The van der Waals surface area contributed by atoms with E-state index in [1.807, 2.05) is 32.9 Å². The lowest BCUT2D eigenvalue weighted by atomic mass is 10.0. The largest absolute Gasteiger partial charge is 0.454 e. The fourth-order valence-corrected chi connectivity index (χ4v) is 2.89. The summed E-state index contributed by atoms with van der Waals surface area (Å²) in [5, 5.41) is 2.73. The zero-order chi connectivity index (χ0) is 21.0. The molecule has 3 amide bonds. The highest BCUT2D eigenvalue weighted by Crippen LogP contribution is 2.32. The van der Waals surface area contributed by atoms with E-state index in [0.29, 0.717) is 22.6 Å². The van der Waals surface area contributed by atoms with Crippen LogP contribution in [0, 0.1) is 12.8 Å². The fraction of sp³-hybridized carbons (Fsp3) is 0.286. The van der Waals surface area contributed by atoms with Gasteiger partial charge in [0.1, 0.15) is 6.04 Å². The Balaban J connectivity index is 1.61. The highest BCUT2D eigenvalue weighted by molar-refractivity contribution is 6.00. The van der Waals surface area contributed by atoms with Crippen LogP contribution in [0.25, 0.3) is 0 Å². The molecule has 0 bridgehead atoms. The van der Waals surface area contributed by atoms with Crippen molar-refractivity contribution in [3.05, 3.63) is 59.2 Å². The summed E-state index contributed by atoms with van der Waals surface area (Å²) in [4.78, 5) is 37.4. The maximum atomic E-state index is 12.6. The van der Waals surface area contributed by atoms with Gasteiger partial charge in [-0.2, -0.15) is 0 Å². The summed E-state index contributed by atoms with van der Waals surface area (Å²) >= 11 is 0. The van der Waals surface area contributed by atoms with Crippen LogP contribution in [0.3, 0.4) is 0 Å². The number of carbonyl (C=O) groups is 3. The summed E-state index contributed by atoms with van der Waals surface area (Å²) in [6.07, 6.45) is 0. The van der Waals surface area contributed by atoms with Crippen LogP contribution in [0.15, 0.2) is 42.5 Å². The molecule has 1 aliphatic heterocycles. The van der Waals surface area contributed by atoms with Gasteiger partial charge in [0.2, 0.25) is 6.79 Å². The van der Waals surface area contributed by atoms with Gasteiger partial charge in [-0.15, -0.1) is 0 Å². The molecule has 0 saturated heterocycles. The first-order chi connectivity index (χ1) is 13.9. The van der Waals surface area contributed by atoms with Gasteiger partial charge >= 0.3 is 0 Å². The maximum Gasteiger partial charge on any atom is 0.269 e. The minimum absolute atomic E-state index is 0.105. The quantitative estimate of drug-likeness (QED) is 0.669. The second-order valence-electron chi connectivity index (χ2n) is 7.02. The monoisotopic (exact) mass is 397 g/mol. The van der Waals surface area contributed by atoms with Gasteiger partial charge in [-0.1, -0.05) is 32.0 Å². The normalized spacial score (nSPS) is 13.0. The maximum absolute atomic E-state index is 12.6. The van der Waals surface area contributed by atoms with E-state index in [9.17, 15) is 14.4 Å². The van der Waals surface area contributed by atoms with Gasteiger partial charge in [-0.25, -0.2) is 0 Å². The molecule has 1 aliphatic rings. The zero-order valence-electron chi connectivity index (χ0n) is 16.4. The summed E-state index contributed by atoms with van der Waals surface area (Å²) in [6, 6.07) is 11.0. The number of hydrazine groups is 1. The van der Waals surface area contributed by atoms with Crippen molar-refractivity contribution in [3.8, 4) is 11.5 Å². The second kappa shape index (κ2) is 8.64. The molecule has 0 aromatic heterocycles. The van der Waals surface area contributed by atoms with Crippen LogP contribution in [0.1, 0.15) is 40.1 Å². The average Bonchev–Trinajstić information content (AvgIpc) is 3.17. The molecule has 29 heavy (non-hydrogen) atoms. The van der Waals surface area contributed by atoms with E-state index in [1.165, 1.54) is 6.07 Å². The van der Waals surface area contributed by atoms with E-state index < -0.39 is 17.9 Å². The van der Waals surface area contributed by atoms with E-state index in [-0.39, 0.29) is 18.6 Å². The number of nitrogens with one attached hydrogen (secondary N) is 3. The minimum Gasteiger partial charge on any atom is -0.454 e. The molecule has 2 aromatic rings. The predicted molar refractivity (Wildman–Crippen MR) is 105 cm³/mol. The molecule has 0 aliphatic carbocycles. The van der Waals surface area contributed by atoms with Crippen molar-refractivity contribution in [2.24, 2.45) is 5.92 Å². The van der Waals surface area contributed by atoms with Crippen molar-refractivity contribution >= 4 is 17.7 Å². The molecule has 3 rings (SSSR count). The molecule has 8 nitrogen and oxygen atoms in total. The Hall–Kier alpha value is -3.55. The van der Waals surface area contributed by atoms with E-state index >= 15 is 0 Å². The number of rotatable bonds is 5. The first-order valence-corrected chi connectivity index (χ1v) is 9.23. The van der Waals surface area contributed by atoms with Crippen LogP contribution >= 0.6 is 0 Å². The van der Waals surface area contributed by atoms with E-state index in [0.717, 1.165) is 5.56 Å². The number of carbonyl (C=O) groups excluding carboxylic acids is 3. The van der Waals surface area contributed by atoms with Crippen molar-refractivity contribution in [2.45, 2.75) is 26.8 Å². The Kier molecular flexibility index (Phi) is 6.01. The fourth-order valence-electron chi connectivity index (χ4n) is 2.89. The Bertz CT molecular complexity index is 942. The first-order valence-electron chi connectivity index (χ1n) is 9.23. The number of hydrogen-bond donors (Lipinski definition) is 3. The molecule has 3 N–H and O–H groups in total. The topological polar surface area (TPSA) is 106 Å². The van der Waals surface area contributed by atoms with Gasteiger partial charge in [-0.05, 0) is 42.7 Å². The summed E-state index contributed by atoms with van der Waals surface area (Å²) in [5.74, 6) is -0.538. The molecule has 8 heteroatoms. The highest BCUT2D eigenvalue weighted by Gasteiger charge is 2.26. The summed E-state index contributed by atoms with van der Waals surface area (Å²) in [5.41, 5.74) is 6.35. The first kappa shape index (κ1) is 20.2. The lowest BCUT2D eigenvalue weighted by Gasteiger charge is -2.22. The lowest BCUT2D eigenvalue weighted by molar-refractivity contribution is -0.124. The van der Waals surface area contributed by atoms with Gasteiger partial charge in [0.15, 0.2) is 11.5 Å². The molecule has 0 radical (unpaired) electrons. The van der Waals surface area contributed by atoms with Crippen molar-refractivity contribution in [1.29, 1.82) is 0 Å². The van der Waals surface area contributed by atoms with Crippen LogP contribution in [0.4, 0.5) is 0 Å². The van der Waals surface area contributed by atoms with Crippen LogP contribution in [0.5, 0.6) is 11.5 Å². The number of fused-ring (bicyclic) bond motifs is 1. The van der Waals surface area contributed by atoms with Gasteiger partial charge < -0.3 is 14.8 Å². The molecule has 2 aromatic carbocycles. The standard InChI is InChI=1S/C21H23N3O5/c1-12(2)18(22-20(26)15-7-5-4-6-13(15)3)21(27)24-23-19(25)14-8-9-16-17(10-14)29-11-28-16/h4-10,12,18H,11H2,1-3H3,(H,22,26)(H,23,25)(H,24,27)/t18-/m0/s1. The van der Waals surface area contributed by atoms with Crippen LogP contribution in [-0.4, -0.2) is 30.6 Å². The lowest BCUT2D eigenvalue weighted by Crippen LogP contribution is -2.54. The van der Waals surface area contributed by atoms with Gasteiger partial charge in [0.05, 0.1) is 0 Å². The Labute approximate surface area is 168 Å². The number of amides is 3. The predicted octanol–water partition coefficient (Wildman–Crippen LogP) is 1.94. The van der Waals surface area contributed by atoms with E-state index in [2.05, 4.69) is 16.2 Å². The van der Waals surface area contributed by atoms with Gasteiger partial charge in [0.25, 0.3) is 17.7 Å². The van der Waals surface area contributed by atoms with Crippen LogP contribution in [0.2, 0.25) is 0 Å². The molecule has 1 heterocycles. The highest BCUT2D eigenvalue weighted by atomic mass is 16.7. The van der Waals surface area contributed by atoms with E-state index in [4.69, 9.17) is 9.47 Å². The molecule has 1 atom stereocenters. The third-order valence-electron chi connectivity index (χ3n) is 4.56. The second-order valence-corrected chi connectivity index (χ2v) is 7.02. The van der Waals surface area contributed by atoms with Crippen LogP contribution in [-0.2, 0) is 4.79 Å². The number of aryl methyl sites for hydroxylation is 1. The zero-order valence-corrected chi connectivity index (χ0v) is 16.4. The summed E-state index contributed by atoms with van der Waals surface area (Å²) in [6.45, 7) is 5.54. The Morgan fingerprint density at radius 2 is 1.66 bits per heavy atom. The van der Waals surface area contributed by atoms with Crippen molar-refractivity contribution < 1.29 is 23.9 Å². The third-order valence-corrected chi connectivity index (χ3v) is 4.56. The average molecular weight is 397 g/mol. The number of ether oxygens (including phenoxy) is 2. The third kappa shape index (κ3) is 4.66. The molecule has 152 valence electrons. The van der Waals surface area contributed by atoms with Crippen molar-refractivity contribution in [1.82, 2.24) is 16.2 Å². The van der Waals surface area contributed by atoms with E-state index in [1.54, 1.807) is 24.3 Å². The molecular weight excluding hydrogens is 374 g/mol. The summed E-state index contributed by atoms with van der Waals surface area (Å²) in [7, 11) is 0. The minimum atomic E-state index is -0.820. The Morgan fingerprint density at radius 1 is 0.931 bits per heavy atom. The molecular formula is C21H23N3O5. The summed E-state index contributed by atoms with van der Waals surface area (Å²) < 4.78 is 10.5. The Morgan fingerprint density at radius 3 is 2.38 bits per heavy atom. The molecule has 0 spiro atoms. The van der Waals surface area contributed by atoms with Crippen molar-refractivity contribution in [2.75, 3.05) is 6.79 Å².